The number of aliphatic hydroxyl groups excluding tert-OH is 1. The summed E-state index contributed by atoms with van der Waals surface area (Å²) in [5, 5.41) is 25.2. The van der Waals surface area contributed by atoms with E-state index in [4.69, 9.17) is 31.2 Å². The van der Waals surface area contributed by atoms with E-state index in [2.05, 4.69) is 10.3 Å². The summed E-state index contributed by atoms with van der Waals surface area (Å²) in [6.07, 6.45) is 2.39. The number of ether oxygens (including phenoxy) is 1. The first-order valence-electron chi connectivity index (χ1n) is 11.6. The lowest BCUT2D eigenvalue weighted by molar-refractivity contribution is -0.139. The number of rotatable bonds is 15. The number of hydrogen-bond acceptors (Lipinski definition) is 9. The van der Waals surface area contributed by atoms with E-state index < -0.39 is 32.1 Å². The standard InChI is InChI=1S/C23H32ClN4O8P/c1-15(26-18-8-9-25-19-14-16(24)6-7-17(18)19)4-2-10-28(11-12-29)23(33)36-13-3-5-20(30)27-21(22(31)32)37(34)35/h6-9,14-15,21,29,34-35H,2-5,10-13H2,1H3,(H,25,26)(H,27,30)(H,31,32). The number of fused-ring (bicyclic) bond motifs is 1. The molecule has 0 saturated carbocycles. The average Bonchev–Trinajstić information content (AvgIpc) is 2.84. The van der Waals surface area contributed by atoms with Gasteiger partial charge in [0.05, 0.1) is 18.7 Å². The molecule has 2 aromatic rings. The van der Waals surface area contributed by atoms with Gasteiger partial charge in [0, 0.05) is 47.8 Å². The zero-order valence-electron chi connectivity index (χ0n) is 20.3. The third kappa shape index (κ3) is 10.3. The Balaban J connectivity index is 1.75. The van der Waals surface area contributed by atoms with Gasteiger partial charge in [-0.3, -0.25) is 9.78 Å². The Kier molecular flexibility index (Phi) is 12.7. The zero-order valence-corrected chi connectivity index (χ0v) is 22.0. The van der Waals surface area contributed by atoms with Crippen LogP contribution in [0.25, 0.3) is 10.9 Å². The number of carbonyl (C=O) groups is 3. The van der Waals surface area contributed by atoms with Crippen LogP contribution in [0, 0.1) is 0 Å². The number of pyridine rings is 1. The van der Waals surface area contributed by atoms with Crippen molar-refractivity contribution >= 4 is 54.5 Å². The van der Waals surface area contributed by atoms with Crippen molar-refractivity contribution in [3.05, 3.63) is 35.5 Å². The Morgan fingerprint density at radius 1 is 1.19 bits per heavy atom. The van der Waals surface area contributed by atoms with E-state index in [-0.39, 0.29) is 38.6 Å². The SMILES string of the molecule is CC(CCCN(CCO)C(=O)OCCCC(=O)NC(C(=O)O)P(O)O)Nc1ccnc2cc(Cl)ccc12. The molecule has 2 amide bonds. The molecule has 0 aliphatic carbocycles. The van der Waals surface area contributed by atoms with Crippen molar-refractivity contribution in [1.82, 2.24) is 15.2 Å². The van der Waals surface area contributed by atoms with Crippen LogP contribution in [-0.4, -0.2) is 86.0 Å². The monoisotopic (exact) mass is 558 g/mol. The molecule has 12 nitrogen and oxygen atoms in total. The highest BCUT2D eigenvalue weighted by Gasteiger charge is 2.27. The van der Waals surface area contributed by atoms with Crippen LogP contribution in [0.2, 0.25) is 5.02 Å². The molecule has 0 radical (unpaired) electrons. The first-order valence-corrected chi connectivity index (χ1v) is 13.3. The van der Waals surface area contributed by atoms with Crippen molar-refractivity contribution in [1.29, 1.82) is 0 Å². The van der Waals surface area contributed by atoms with Crippen LogP contribution in [0.15, 0.2) is 30.5 Å². The van der Waals surface area contributed by atoms with Crippen molar-refractivity contribution in [3.63, 3.8) is 0 Å². The highest BCUT2D eigenvalue weighted by molar-refractivity contribution is 7.47. The fourth-order valence-corrected chi connectivity index (χ4v) is 4.14. The lowest BCUT2D eigenvalue weighted by atomic mass is 10.1. The molecule has 14 heteroatoms. The van der Waals surface area contributed by atoms with Crippen LogP contribution in [-0.2, 0) is 14.3 Å². The molecule has 6 N–H and O–H groups in total. The van der Waals surface area contributed by atoms with Crippen LogP contribution in [0.4, 0.5) is 10.5 Å². The third-order valence-corrected chi connectivity index (χ3v) is 6.38. The van der Waals surface area contributed by atoms with Gasteiger partial charge in [-0.25, -0.2) is 9.59 Å². The molecule has 2 atom stereocenters. The summed E-state index contributed by atoms with van der Waals surface area (Å²) in [5.74, 6) is -4.05. The molecule has 0 saturated heterocycles. The van der Waals surface area contributed by atoms with Crippen LogP contribution in [0.1, 0.15) is 32.6 Å². The Hall–Kier alpha value is -2.76. The molecular formula is C23H32ClN4O8P. The maximum atomic E-state index is 12.4. The number of hydrogen-bond donors (Lipinski definition) is 6. The lowest BCUT2D eigenvalue weighted by Crippen LogP contribution is -2.39. The summed E-state index contributed by atoms with van der Waals surface area (Å²) in [6.45, 7) is 2.13. The molecule has 0 aliphatic rings. The first kappa shape index (κ1) is 30.5. The molecule has 204 valence electrons. The van der Waals surface area contributed by atoms with E-state index in [1.54, 1.807) is 18.3 Å². The van der Waals surface area contributed by atoms with Gasteiger partial charge in [-0.15, -0.1) is 0 Å². The molecule has 0 spiro atoms. The Morgan fingerprint density at radius 3 is 2.62 bits per heavy atom. The Bertz CT molecular complexity index is 1060. The van der Waals surface area contributed by atoms with Crippen LogP contribution >= 0.6 is 20.0 Å². The number of anilines is 1. The van der Waals surface area contributed by atoms with Gasteiger partial charge in [-0.2, -0.15) is 0 Å². The number of nitrogens with one attached hydrogen (secondary N) is 2. The van der Waals surface area contributed by atoms with Crippen LogP contribution < -0.4 is 10.6 Å². The van der Waals surface area contributed by atoms with Gasteiger partial charge in [-0.1, -0.05) is 11.6 Å². The smallest absolute Gasteiger partial charge is 0.409 e. The van der Waals surface area contributed by atoms with E-state index in [0.29, 0.717) is 18.0 Å². The van der Waals surface area contributed by atoms with E-state index in [0.717, 1.165) is 23.0 Å². The summed E-state index contributed by atoms with van der Waals surface area (Å²) in [6, 6.07) is 7.48. The second-order valence-corrected chi connectivity index (χ2v) is 9.86. The second kappa shape index (κ2) is 15.5. The quantitative estimate of drug-likeness (QED) is 0.140. The minimum atomic E-state index is -2.87. The van der Waals surface area contributed by atoms with E-state index in [1.165, 1.54) is 4.90 Å². The highest BCUT2D eigenvalue weighted by atomic mass is 35.5. The van der Waals surface area contributed by atoms with Gasteiger partial charge in [-0.05, 0) is 50.5 Å². The number of carboxylic acid groups (broad SMARTS) is 1. The summed E-state index contributed by atoms with van der Waals surface area (Å²) in [7, 11) is -2.87. The van der Waals surface area contributed by atoms with Gasteiger partial charge in [0.25, 0.3) is 0 Å². The van der Waals surface area contributed by atoms with Gasteiger partial charge >= 0.3 is 12.1 Å². The second-order valence-electron chi connectivity index (χ2n) is 8.26. The molecule has 2 unspecified atom stereocenters. The van der Waals surface area contributed by atoms with E-state index >= 15 is 0 Å². The van der Waals surface area contributed by atoms with E-state index in [9.17, 15) is 19.5 Å². The Labute approximate surface area is 220 Å². The third-order valence-electron chi connectivity index (χ3n) is 5.34. The number of carboxylic acids is 1. The predicted octanol–water partition coefficient (Wildman–Crippen LogP) is 2.50. The molecule has 37 heavy (non-hydrogen) atoms. The van der Waals surface area contributed by atoms with Crippen molar-refractivity contribution < 1.29 is 39.1 Å². The molecule has 1 aromatic heterocycles. The first-order chi connectivity index (χ1) is 17.6. The number of carbonyl (C=O) groups excluding carboxylic acids is 2. The summed E-state index contributed by atoms with van der Waals surface area (Å²) in [5.41, 5.74) is 1.71. The number of nitrogens with zero attached hydrogens (tertiary/aromatic N) is 2. The fraction of sp³-hybridized carbons (Fsp3) is 0.478. The number of amides is 2. The lowest BCUT2D eigenvalue weighted by Gasteiger charge is -2.23. The van der Waals surface area contributed by atoms with E-state index in [1.807, 2.05) is 24.4 Å². The highest BCUT2D eigenvalue weighted by Crippen LogP contribution is 2.29. The van der Waals surface area contributed by atoms with Gasteiger partial charge in [0.15, 0.2) is 5.78 Å². The van der Waals surface area contributed by atoms with Crippen molar-refractivity contribution in [3.8, 4) is 0 Å². The maximum absolute atomic E-state index is 12.4. The predicted molar refractivity (Wildman–Crippen MR) is 139 cm³/mol. The molecule has 0 fully saturated rings. The molecule has 0 bridgehead atoms. The summed E-state index contributed by atoms with van der Waals surface area (Å²) in [4.78, 5) is 58.8. The molecule has 0 aliphatic heterocycles. The van der Waals surface area contributed by atoms with Crippen LogP contribution in [0.5, 0.6) is 0 Å². The van der Waals surface area contributed by atoms with Gasteiger partial charge in [0.2, 0.25) is 14.3 Å². The van der Waals surface area contributed by atoms with Gasteiger partial charge < -0.3 is 40.3 Å². The minimum Gasteiger partial charge on any atom is -0.479 e. The fourth-order valence-electron chi connectivity index (χ4n) is 3.51. The largest absolute Gasteiger partial charge is 0.479 e. The number of aliphatic carboxylic acids is 1. The topological polar surface area (TPSA) is 182 Å². The number of benzene rings is 1. The summed E-state index contributed by atoms with van der Waals surface area (Å²) < 4.78 is 5.17. The van der Waals surface area contributed by atoms with Gasteiger partial charge in [0.1, 0.15) is 0 Å². The maximum Gasteiger partial charge on any atom is 0.409 e. The molecule has 1 heterocycles. The number of aromatic nitrogens is 1. The molecule has 2 rings (SSSR count). The minimum absolute atomic E-state index is 0.0836. The summed E-state index contributed by atoms with van der Waals surface area (Å²) >= 11 is 6.04. The zero-order chi connectivity index (χ0) is 27.4. The van der Waals surface area contributed by atoms with Crippen LogP contribution in [0.3, 0.4) is 0 Å². The van der Waals surface area contributed by atoms with Crippen molar-refractivity contribution in [2.24, 2.45) is 0 Å². The number of halogens is 1. The average molecular weight is 559 g/mol. The Morgan fingerprint density at radius 2 is 1.95 bits per heavy atom. The molecule has 1 aromatic carbocycles. The van der Waals surface area contributed by atoms with Crippen molar-refractivity contribution in [2.75, 3.05) is 31.6 Å². The number of aliphatic hydroxyl groups is 1. The normalized spacial score (nSPS) is 12.7. The molecular weight excluding hydrogens is 527 g/mol. The van der Waals surface area contributed by atoms with Crippen molar-refractivity contribution in [2.45, 2.75) is 44.4 Å².